The van der Waals surface area contributed by atoms with E-state index in [1.54, 1.807) is 6.07 Å². The lowest BCUT2D eigenvalue weighted by molar-refractivity contribution is -0.119. The van der Waals surface area contributed by atoms with E-state index in [1.165, 1.54) is 0 Å². The Bertz CT molecular complexity index is 747. The van der Waals surface area contributed by atoms with Gasteiger partial charge in [-0.15, -0.1) is 0 Å². The van der Waals surface area contributed by atoms with Crippen molar-refractivity contribution in [1.82, 2.24) is 5.43 Å². The van der Waals surface area contributed by atoms with Gasteiger partial charge in [0.15, 0.2) is 0 Å². The van der Waals surface area contributed by atoms with Gasteiger partial charge >= 0.3 is 0 Å². The van der Waals surface area contributed by atoms with Crippen LogP contribution in [0.3, 0.4) is 0 Å². The van der Waals surface area contributed by atoms with Gasteiger partial charge in [-0.05, 0) is 32.4 Å². The molecule has 7 heteroatoms. The molecule has 1 aromatic carbocycles. The Kier molecular flexibility index (Phi) is 6.16. The fourth-order valence-electron chi connectivity index (χ4n) is 1.95. The third-order valence-corrected chi connectivity index (χ3v) is 4.87. The van der Waals surface area contributed by atoms with E-state index in [1.807, 2.05) is 53.7 Å². The van der Waals surface area contributed by atoms with Gasteiger partial charge in [-0.25, -0.2) is 13.8 Å². The molecule has 6 nitrogen and oxygen atoms in total. The number of amides is 1. The second-order valence-electron chi connectivity index (χ2n) is 7.04. The predicted octanol–water partition coefficient (Wildman–Crippen LogP) is 2.61. The van der Waals surface area contributed by atoms with Crippen LogP contribution in [0.25, 0.3) is 0 Å². The first-order valence-electron chi connectivity index (χ1n) is 7.71. The Labute approximate surface area is 145 Å². The summed E-state index contributed by atoms with van der Waals surface area (Å²) >= 11 is 0. The van der Waals surface area contributed by atoms with Crippen LogP contribution in [0.5, 0.6) is 0 Å². The van der Waals surface area contributed by atoms with Crippen molar-refractivity contribution >= 4 is 27.3 Å². The second-order valence-corrected chi connectivity index (χ2v) is 8.95. The molecule has 0 fully saturated rings. The number of hydrogen-bond donors (Lipinski definition) is 1. The summed E-state index contributed by atoms with van der Waals surface area (Å²) < 4.78 is 25.3. The molecule has 1 N–H and O–H groups in total. The van der Waals surface area contributed by atoms with Crippen molar-refractivity contribution in [2.75, 3.05) is 17.1 Å². The first kappa shape index (κ1) is 20.2. The lowest BCUT2D eigenvalue weighted by Crippen LogP contribution is -2.39. The summed E-state index contributed by atoms with van der Waals surface area (Å²) in [6.07, 6.45) is 1.09. The molecular formula is C17H27N3O3S. The van der Waals surface area contributed by atoms with Crippen molar-refractivity contribution in [3.8, 4) is 0 Å². The van der Waals surface area contributed by atoms with E-state index < -0.39 is 15.9 Å². The normalized spacial score (nSPS) is 12.9. The Morgan fingerprint density at radius 1 is 1.25 bits per heavy atom. The summed E-state index contributed by atoms with van der Waals surface area (Å²) in [7, 11) is -3.59. The summed E-state index contributed by atoms with van der Waals surface area (Å²) in [6.45, 7) is 11.2. The van der Waals surface area contributed by atoms with E-state index >= 15 is 0 Å². The third-order valence-electron chi connectivity index (χ3n) is 3.74. The molecule has 0 spiro atoms. The molecule has 0 aliphatic heterocycles. The predicted molar refractivity (Wildman–Crippen MR) is 98.8 cm³/mol. The minimum absolute atomic E-state index is 0.169. The molecule has 134 valence electrons. The number of hydrogen-bond acceptors (Lipinski definition) is 4. The molecule has 1 aromatic rings. The maximum Gasteiger partial charge on any atom is 0.260 e. The van der Waals surface area contributed by atoms with E-state index in [-0.39, 0.29) is 12.0 Å². The highest BCUT2D eigenvalue weighted by Crippen LogP contribution is 2.23. The van der Waals surface area contributed by atoms with Crippen LogP contribution >= 0.6 is 0 Å². The van der Waals surface area contributed by atoms with Crippen LogP contribution < -0.4 is 9.73 Å². The Morgan fingerprint density at radius 3 is 2.29 bits per heavy atom. The maximum absolute atomic E-state index is 12.2. The molecule has 0 aliphatic rings. The zero-order chi connectivity index (χ0) is 18.7. The molecule has 0 atom stereocenters. The van der Waals surface area contributed by atoms with Gasteiger partial charge in [0.25, 0.3) is 5.91 Å². The van der Waals surface area contributed by atoms with Crippen LogP contribution in [0, 0.1) is 19.3 Å². The van der Waals surface area contributed by atoms with Crippen LogP contribution in [0.4, 0.5) is 5.69 Å². The van der Waals surface area contributed by atoms with Gasteiger partial charge in [0.2, 0.25) is 10.0 Å². The van der Waals surface area contributed by atoms with Crippen LogP contribution in [-0.2, 0) is 14.8 Å². The monoisotopic (exact) mass is 353 g/mol. The Morgan fingerprint density at radius 2 is 1.83 bits per heavy atom. The average molecular weight is 353 g/mol. The van der Waals surface area contributed by atoms with E-state index in [0.717, 1.165) is 27.4 Å². The molecule has 1 amide bonds. The van der Waals surface area contributed by atoms with E-state index in [2.05, 4.69) is 10.5 Å². The lowest BCUT2D eigenvalue weighted by Gasteiger charge is -2.24. The summed E-state index contributed by atoms with van der Waals surface area (Å²) in [5.74, 6) is -0.482. The highest BCUT2D eigenvalue weighted by molar-refractivity contribution is 7.92. The Balaban J connectivity index is 3.03. The van der Waals surface area contributed by atoms with Crippen LogP contribution in [0.15, 0.2) is 23.3 Å². The molecule has 0 unspecified atom stereocenters. The van der Waals surface area contributed by atoms with Crippen LogP contribution in [0.1, 0.15) is 38.8 Å². The average Bonchev–Trinajstić information content (AvgIpc) is 2.40. The lowest BCUT2D eigenvalue weighted by atomic mass is 9.91. The van der Waals surface area contributed by atoms with Crippen LogP contribution in [0.2, 0.25) is 0 Å². The second kappa shape index (κ2) is 7.34. The third kappa shape index (κ3) is 5.63. The summed E-state index contributed by atoms with van der Waals surface area (Å²) in [5.41, 5.74) is 5.34. The van der Waals surface area contributed by atoms with Gasteiger partial charge in [0.1, 0.15) is 6.54 Å². The van der Waals surface area contributed by atoms with Crippen molar-refractivity contribution in [3.63, 3.8) is 0 Å². The number of carbonyl (C=O) groups excluding carboxylic acids is 1. The van der Waals surface area contributed by atoms with Gasteiger partial charge in [-0.1, -0.05) is 38.5 Å². The molecule has 0 aromatic heterocycles. The molecule has 0 bridgehead atoms. The SMILES string of the molecule is C/C(=N/NC(=O)CN(c1ccc(C)cc1C)S(C)(=O)=O)C(C)(C)C. The number of carbonyl (C=O) groups is 1. The fraction of sp³-hybridized carbons (Fsp3) is 0.529. The number of nitrogens with one attached hydrogen (secondary N) is 1. The quantitative estimate of drug-likeness (QED) is 0.653. The maximum atomic E-state index is 12.2. The fourth-order valence-corrected chi connectivity index (χ4v) is 2.86. The van der Waals surface area contributed by atoms with Crippen molar-refractivity contribution in [3.05, 3.63) is 29.3 Å². The zero-order valence-electron chi connectivity index (χ0n) is 15.5. The standard InChI is InChI=1S/C17H27N3O3S/c1-12-8-9-15(13(2)10-12)20(24(7,22)23)11-16(21)19-18-14(3)17(4,5)6/h8-10H,11H2,1-7H3,(H,19,21)/b18-14-. The van der Waals surface area contributed by atoms with Gasteiger partial charge in [-0.2, -0.15) is 5.10 Å². The number of sulfonamides is 1. The topological polar surface area (TPSA) is 78.8 Å². The molecule has 1 rings (SSSR count). The molecular weight excluding hydrogens is 326 g/mol. The molecule has 0 aliphatic carbocycles. The van der Waals surface area contributed by atoms with Gasteiger partial charge < -0.3 is 0 Å². The van der Waals surface area contributed by atoms with Crippen molar-refractivity contribution < 1.29 is 13.2 Å². The number of rotatable bonds is 5. The van der Waals surface area contributed by atoms with Crippen molar-refractivity contribution in [2.24, 2.45) is 10.5 Å². The summed E-state index contributed by atoms with van der Waals surface area (Å²) in [5, 5.41) is 4.06. The molecule has 24 heavy (non-hydrogen) atoms. The summed E-state index contributed by atoms with van der Waals surface area (Å²) in [6, 6.07) is 5.41. The van der Waals surface area contributed by atoms with Gasteiger partial charge in [0.05, 0.1) is 11.9 Å². The highest BCUT2D eigenvalue weighted by atomic mass is 32.2. The smallest absolute Gasteiger partial charge is 0.260 e. The van der Waals surface area contributed by atoms with Gasteiger partial charge in [-0.3, -0.25) is 9.10 Å². The number of benzene rings is 1. The number of hydrazone groups is 1. The first-order chi connectivity index (χ1) is 10.8. The number of anilines is 1. The number of aryl methyl sites for hydroxylation is 2. The van der Waals surface area contributed by atoms with E-state index in [4.69, 9.17) is 0 Å². The highest BCUT2D eigenvalue weighted by Gasteiger charge is 2.22. The van der Waals surface area contributed by atoms with E-state index in [9.17, 15) is 13.2 Å². The molecule has 0 heterocycles. The first-order valence-corrected chi connectivity index (χ1v) is 9.56. The zero-order valence-corrected chi connectivity index (χ0v) is 16.3. The molecule has 0 saturated heterocycles. The van der Waals surface area contributed by atoms with Crippen molar-refractivity contribution in [1.29, 1.82) is 0 Å². The van der Waals surface area contributed by atoms with Crippen molar-refractivity contribution in [2.45, 2.75) is 41.5 Å². The molecule has 0 radical (unpaired) electrons. The minimum Gasteiger partial charge on any atom is -0.271 e. The molecule has 0 saturated carbocycles. The Hall–Kier alpha value is -1.89. The van der Waals surface area contributed by atoms with E-state index in [0.29, 0.717) is 5.69 Å². The summed E-state index contributed by atoms with van der Waals surface area (Å²) in [4.78, 5) is 12.2. The largest absolute Gasteiger partial charge is 0.271 e. The number of nitrogens with zero attached hydrogens (tertiary/aromatic N) is 2. The minimum atomic E-state index is -3.59. The van der Waals surface area contributed by atoms with Crippen LogP contribution in [-0.4, -0.2) is 32.8 Å². The van der Waals surface area contributed by atoms with Gasteiger partial charge in [0, 0.05) is 11.1 Å².